The summed E-state index contributed by atoms with van der Waals surface area (Å²) in [7, 11) is 3.62. The van der Waals surface area contributed by atoms with Gasteiger partial charge in [0.1, 0.15) is 11.8 Å². The molecule has 1 atom stereocenters. The fourth-order valence-corrected chi connectivity index (χ4v) is 4.42. The van der Waals surface area contributed by atoms with Gasteiger partial charge in [-0.1, -0.05) is 48.5 Å². The Bertz CT molecular complexity index is 1130. The summed E-state index contributed by atoms with van der Waals surface area (Å²) in [4.78, 5) is 19.0. The van der Waals surface area contributed by atoms with Crippen LogP contribution in [0.5, 0.6) is 5.75 Å². The van der Waals surface area contributed by atoms with E-state index in [1.807, 2.05) is 48.3 Å². The van der Waals surface area contributed by atoms with Gasteiger partial charge in [-0.25, -0.2) is 0 Å². The lowest BCUT2D eigenvalue weighted by Crippen LogP contribution is -2.51. The molecule has 4 rings (SSSR count). The Kier molecular flexibility index (Phi) is 7.23. The number of methoxy groups -OCH3 is 1. The third-order valence-corrected chi connectivity index (χ3v) is 6.26. The molecule has 0 spiro atoms. The highest BCUT2D eigenvalue weighted by molar-refractivity contribution is 5.83. The number of hydrogen-bond acceptors (Lipinski definition) is 5. The third-order valence-electron chi connectivity index (χ3n) is 6.26. The number of fused-ring (bicyclic) bond motifs is 1. The van der Waals surface area contributed by atoms with Crippen LogP contribution in [0, 0.1) is 11.3 Å². The summed E-state index contributed by atoms with van der Waals surface area (Å²) in [6.07, 6.45) is 0. The van der Waals surface area contributed by atoms with Crippen LogP contribution in [-0.2, 0) is 11.3 Å². The molecule has 170 valence electrons. The van der Waals surface area contributed by atoms with Crippen LogP contribution in [0.1, 0.15) is 17.2 Å². The van der Waals surface area contributed by atoms with Crippen LogP contribution in [0.15, 0.2) is 66.7 Å². The first-order chi connectivity index (χ1) is 16.1. The first kappa shape index (κ1) is 22.8. The van der Waals surface area contributed by atoms with E-state index in [0.717, 1.165) is 17.9 Å². The summed E-state index contributed by atoms with van der Waals surface area (Å²) in [5.41, 5.74) is 2.15. The number of hydrogen-bond donors (Lipinski definition) is 0. The predicted molar refractivity (Wildman–Crippen MR) is 130 cm³/mol. The lowest BCUT2D eigenvalue weighted by Gasteiger charge is -2.37. The van der Waals surface area contributed by atoms with Gasteiger partial charge in [-0.3, -0.25) is 14.6 Å². The second-order valence-corrected chi connectivity index (χ2v) is 8.58. The summed E-state index contributed by atoms with van der Waals surface area (Å²) >= 11 is 0. The second kappa shape index (κ2) is 10.5. The average molecular weight is 443 g/mol. The van der Waals surface area contributed by atoms with Crippen molar-refractivity contribution in [1.29, 1.82) is 5.26 Å². The summed E-state index contributed by atoms with van der Waals surface area (Å²) in [5, 5.41) is 12.2. The minimum atomic E-state index is -0.316. The highest BCUT2D eigenvalue weighted by Crippen LogP contribution is 2.24. The summed E-state index contributed by atoms with van der Waals surface area (Å²) < 4.78 is 5.21. The molecule has 0 aliphatic carbocycles. The standard InChI is InChI=1S/C27H30N4O2/c1-29(19-21-7-8-22-5-3-4-6-24(22)17-21)20-27(32)31-15-13-30(14-16-31)26(18-28)23-9-11-25(33-2)12-10-23/h3-12,17,26H,13-16,19-20H2,1-2H3/t26-/m1/s1. The van der Waals surface area contributed by atoms with Gasteiger partial charge in [0.2, 0.25) is 5.91 Å². The fourth-order valence-electron chi connectivity index (χ4n) is 4.42. The molecule has 0 radical (unpaired) electrons. The second-order valence-electron chi connectivity index (χ2n) is 8.58. The summed E-state index contributed by atoms with van der Waals surface area (Å²) in [5.74, 6) is 0.912. The molecule has 1 fully saturated rings. The van der Waals surface area contributed by atoms with Crippen molar-refractivity contribution in [3.8, 4) is 11.8 Å². The normalized spacial score (nSPS) is 15.4. The van der Waals surface area contributed by atoms with Gasteiger partial charge in [0.05, 0.1) is 19.7 Å². The number of piperazine rings is 1. The zero-order valence-electron chi connectivity index (χ0n) is 19.3. The molecular weight excluding hydrogens is 412 g/mol. The van der Waals surface area contributed by atoms with Gasteiger partial charge >= 0.3 is 0 Å². The number of nitrogens with zero attached hydrogens (tertiary/aromatic N) is 4. The zero-order valence-corrected chi connectivity index (χ0v) is 19.3. The molecule has 0 N–H and O–H groups in total. The van der Waals surface area contributed by atoms with Crippen molar-refractivity contribution in [3.05, 3.63) is 77.9 Å². The van der Waals surface area contributed by atoms with Crippen LogP contribution in [0.2, 0.25) is 0 Å². The lowest BCUT2D eigenvalue weighted by atomic mass is 10.1. The predicted octanol–water partition coefficient (Wildman–Crippen LogP) is 3.69. The molecule has 0 aromatic heterocycles. The quantitative estimate of drug-likeness (QED) is 0.559. The topological polar surface area (TPSA) is 59.8 Å². The number of amides is 1. The van der Waals surface area contributed by atoms with Gasteiger partial charge in [0.15, 0.2) is 0 Å². The summed E-state index contributed by atoms with van der Waals surface area (Å²) in [6.45, 7) is 3.75. The van der Waals surface area contributed by atoms with Gasteiger partial charge in [-0.15, -0.1) is 0 Å². The lowest BCUT2D eigenvalue weighted by molar-refractivity contribution is -0.134. The molecule has 0 unspecified atom stereocenters. The Morgan fingerprint density at radius 1 is 1.03 bits per heavy atom. The van der Waals surface area contributed by atoms with E-state index in [1.165, 1.54) is 16.3 Å². The van der Waals surface area contributed by atoms with E-state index in [0.29, 0.717) is 32.7 Å². The Morgan fingerprint density at radius 3 is 2.39 bits per heavy atom. The number of rotatable bonds is 7. The van der Waals surface area contributed by atoms with Crippen molar-refractivity contribution in [1.82, 2.24) is 14.7 Å². The van der Waals surface area contributed by atoms with Crippen molar-refractivity contribution in [3.63, 3.8) is 0 Å². The van der Waals surface area contributed by atoms with Crippen molar-refractivity contribution in [2.45, 2.75) is 12.6 Å². The van der Waals surface area contributed by atoms with Crippen LogP contribution in [0.3, 0.4) is 0 Å². The molecule has 0 bridgehead atoms. The van der Waals surface area contributed by atoms with E-state index in [1.54, 1.807) is 7.11 Å². The van der Waals surface area contributed by atoms with Crippen LogP contribution in [-0.4, -0.2) is 67.5 Å². The SMILES string of the molecule is COc1ccc([C@@H](C#N)N2CCN(C(=O)CN(C)Cc3ccc4ccccc4c3)CC2)cc1. The Labute approximate surface area is 195 Å². The van der Waals surface area contributed by atoms with E-state index in [-0.39, 0.29) is 11.9 Å². The largest absolute Gasteiger partial charge is 0.497 e. The average Bonchev–Trinajstić information content (AvgIpc) is 2.85. The van der Waals surface area contributed by atoms with Crippen molar-refractivity contribution in [2.75, 3.05) is 46.9 Å². The van der Waals surface area contributed by atoms with Crippen molar-refractivity contribution >= 4 is 16.7 Å². The van der Waals surface area contributed by atoms with Gasteiger partial charge in [0, 0.05) is 32.7 Å². The zero-order chi connectivity index (χ0) is 23.2. The van der Waals surface area contributed by atoms with E-state index in [9.17, 15) is 10.1 Å². The third kappa shape index (κ3) is 5.51. The molecule has 1 aliphatic heterocycles. The van der Waals surface area contributed by atoms with Gasteiger partial charge in [-0.05, 0) is 47.1 Å². The molecule has 6 heteroatoms. The maximum absolute atomic E-state index is 12.9. The number of carbonyl (C=O) groups is 1. The minimum absolute atomic E-state index is 0.135. The number of likely N-dealkylation sites (N-methyl/N-ethyl adjacent to an activating group) is 1. The van der Waals surface area contributed by atoms with E-state index in [4.69, 9.17) is 4.74 Å². The molecule has 6 nitrogen and oxygen atoms in total. The molecule has 3 aromatic carbocycles. The Morgan fingerprint density at radius 2 is 1.73 bits per heavy atom. The van der Waals surface area contributed by atoms with Gasteiger partial charge in [-0.2, -0.15) is 5.26 Å². The van der Waals surface area contributed by atoms with Gasteiger partial charge < -0.3 is 9.64 Å². The smallest absolute Gasteiger partial charge is 0.236 e. The van der Waals surface area contributed by atoms with E-state index < -0.39 is 0 Å². The van der Waals surface area contributed by atoms with Crippen molar-refractivity contribution in [2.24, 2.45) is 0 Å². The first-order valence-electron chi connectivity index (χ1n) is 11.3. The summed E-state index contributed by atoms with van der Waals surface area (Å²) in [6, 6.07) is 24.5. The highest BCUT2D eigenvalue weighted by Gasteiger charge is 2.27. The Hall–Kier alpha value is -3.40. The number of benzene rings is 3. The Balaban J connectivity index is 1.29. The van der Waals surface area contributed by atoms with E-state index in [2.05, 4.69) is 46.2 Å². The molecule has 0 saturated carbocycles. The molecule has 3 aromatic rings. The monoisotopic (exact) mass is 442 g/mol. The van der Waals surface area contributed by atoms with Crippen molar-refractivity contribution < 1.29 is 9.53 Å². The number of carbonyl (C=O) groups excluding carboxylic acids is 1. The number of ether oxygens (including phenoxy) is 1. The minimum Gasteiger partial charge on any atom is -0.497 e. The van der Waals surface area contributed by atoms with Crippen LogP contribution >= 0.6 is 0 Å². The highest BCUT2D eigenvalue weighted by atomic mass is 16.5. The maximum atomic E-state index is 12.9. The molecular formula is C27H30N4O2. The molecule has 1 aliphatic rings. The number of nitriles is 1. The van der Waals surface area contributed by atoms with Crippen LogP contribution in [0.25, 0.3) is 10.8 Å². The van der Waals surface area contributed by atoms with E-state index >= 15 is 0 Å². The molecule has 1 amide bonds. The molecule has 1 heterocycles. The first-order valence-corrected chi connectivity index (χ1v) is 11.3. The van der Waals surface area contributed by atoms with Crippen LogP contribution < -0.4 is 4.74 Å². The maximum Gasteiger partial charge on any atom is 0.236 e. The molecule has 1 saturated heterocycles. The van der Waals surface area contributed by atoms with Crippen LogP contribution in [0.4, 0.5) is 0 Å². The fraction of sp³-hybridized carbons (Fsp3) is 0.333. The molecule has 33 heavy (non-hydrogen) atoms. The van der Waals surface area contributed by atoms with Gasteiger partial charge in [0.25, 0.3) is 0 Å².